The first-order valence-electron chi connectivity index (χ1n) is 7.10. The van der Waals surface area contributed by atoms with Gasteiger partial charge in [0.05, 0.1) is 22.9 Å². The summed E-state index contributed by atoms with van der Waals surface area (Å²) < 4.78 is 10.4. The van der Waals surface area contributed by atoms with Crippen LogP contribution in [0.5, 0.6) is 5.75 Å². The van der Waals surface area contributed by atoms with Crippen LogP contribution in [0.15, 0.2) is 24.3 Å². The number of nitrogens with zero attached hydrogens (tertiary/aromatic N) is 3. The first kappa shape index (κ1) is 17.1. The summed E-state index contributed by atoms with van der Waals surface area (Å²) in [6, 6.07) is 5.91. The highest BCUT2D eigenvalue weighted by molar-refractivity contribution is 5.91. The van der Waals surface area contributed by atoms with Crippen LogP contribution in [0.1, 0.15) is 28.7 Å². The fourth-order valence-corrected chi connectivity index (χ4v) is 2.11. The number of nitrogens with two attached hydrogens (primary N) is 1. The van der Waals surface area contributed by atoms with Gasteiger partial charge in [0.15, 0.2) is 5.75 Å². The predicted octanol–water partition coefficient (Wildman–Crippen LogP) is 2.03. The third kappa shape index (κ3) is 3.75. The van der Waals surface area contributed by atoms with E-state index in [2.05, 4.69) is 9.97 Å². The Kier molecular flexibility index (Phi) is 5.25. The quantitative estimate of drug-likeness (QED) is 0.483. The summed E-state index contributed by atoms with van der Waals surface area (Å²) in [6.45, 7) is 3.27. The molecule has 0 aliphatic rings. The number of rotatable bonds is 6. The number of nitro groups is 1. The Labute approximate surface area is 137 Å². The van der Waals surface area contributed by atoms with Gasteiger partial charge in [-0.3, -0.25) is 10.1 Å². The summed E-state index contributed by atoms with van der Waals surface area (Å²) in [6.07, 6.45) is 0. The molecular weight excluding hydrogens is 316 g/mol. The summed E-state index contributed by atoms with van der Waals surface area (Å²) in [5, 5.41) is 11.0. The molecule has 2 aromatic rings. The van der Waals surface area contributed by atoms with Gasteiger partial charge in [0, 0.05) is 6.07 Å². The van der Waals surface area contributed by atoms with Crippen LogP contribution in [0, 0.1) is 17.0 Å². The molecule has 1 heterocycles. The number of nitro benzene ring substituents is 1. The number of hydrogen-bond acceptors (Lipinski definition) is 8. The van der Waals surface area contributed by atoms with Crippen LogP contribution in [0.2, 0.25) is 0 Å². The number of ether oxygens (including phenoxy) is 2. The number of nitrogen functional groups attached to an aromatic ring is 1. The van der Waals surface area contributed by atoms with E-state index in [1.54, 1.807) is 19.9 Å². The number of aromatic nitrogens is 2. The molecule has 0 radical (unpaired) electrons. The van der Waals surface area contributed by atoms with Crippen molar-refractivity contribution in [2.75, 3.05) is 12.3 Å². The number of carbonyl (C=O) groups is 1. The molecule has 9 nitrogen and oxygen atoms in total. The second-order valence-electron chi connectivity index (χ2n) is 4.72. The van der Waals surface area contributed by atoms with Gasteiger partial charge in [-0.05, 0) is 19.9 Å². The largest absolute Gasteiger partial charge is 0.480 e. The number of para-hydroxylation sites is 2. The molecule has 1 aromatic heterocycles. The van der Waals surface area contributed by atoms with Gasteiger partial charge in [-0.25, -0.2) is 14.8 Å². The van der Waals surface area contributed by atoms with E-state index in [9.17, 15) is 14.9 Å². The molecule has 0 saturated heterocycles. The molecule has 1 aromatic carbocycles. The van der Waals surface area contributed by atoms with Crippen molar-refractivity contribution >= 4 is 17.6 Å². The van der Waals surface area contributed by atoms with E-state index in [0.29, 0.717) is 5.69 Å². The zero-order valence-corrected chi connectivity index (χ0v) is 13.2. The Hall–Kier alpha value is -3.23. The molecule has 0 bridgehead atoms. The number of anilines is 1. The molecule has 0 aliphatic heterocycles. The maximum absolute atomic E-state index is 12.1. The molecule has 0 spiro atoms. The van der Waals surface area contributed by atoms with Crippen molar-refractivity contribution < 1.29 is 19.2 Å². The lowest BCUT2D eigenvalue weighted by Crippen LogP contribution is -2.16. The average molecular weight is 332 g/mol. The maximum atomic E-state index is 12.1. The van der Waals surface area contributed by atoms with Gasteiger partial charge >= 0.3 is 11.7 Å². The minimum absolute atomic E-state index is 0.0262. The SMILES string of the molecule is CCOC(=O)c1c(C)nc(N)nc1COc1ccccc1[N+](=O)[O-]. The minimum atomic E-state index is -0.601. The fourth-order valence-electron chi connectivity index (χ4n) is 2.11. The molecule has 0 unspecified atom stereocenters. The summed E-state index contributed by atoms with van der Waals surface area (Å²) in [4.78, 5) is 30.5. The Bertz CT molecular complexity index is 778. The maximum Gasteiger partial charge on any atom is 0.341 e. The van der Waals surface area contributed by atoms with Crippen molar-refractivity contribution in [3.8, 4) is 5.75 Å². The zero-order chi connectivity index (χ0) is 17.7. The van der Waals surface area contributed by atoms with Gasteiger partial charge in [0.1, 0.15) is 12.2 Å². The molecule has 0 aliphatic carbocycles. The summed E-state index contributed by atoms with van der Waals surface area (Å²) in [5.41, 5.74) is 6.12. The highest BCUT2D eigenvalue weighted by Gasteiger charge is 2.21. The third-order valence-electron chi connectivity index (χ3n) is 3.09. The van der Waals surface area contributed by atoms with Gasteiger partial charge in [0.25, 0.3) is 0 Å². The highest BCUT2D eigenvalue weighted by atomic mass is 16.6. The predicted molar refractivity (Wildman–Crippen MR) is 84.6 cm³/mol. The number of aryl methyl sites for hydroxylation is 1. The molecule has 0 atom stereocenters. The van der Waals surface area contributed by atoms with Gasteiger partial charge in [0.2, 0.25) is 5.95 Å². The molecule has 0 fully saturated rings. The lowest BCUT2D eigenvalue weighted by molar-refractivity contribution is -0.385. The van der Waals surface area contributed by atoms with E-state index in [4.69, 9.17) is 15.2 Å². The Morgan fingerprint density at radius 2 is 2.04 bits per heavy atom. The van der Waals surface area contributed by atoms with Crippen LogP contribution in [0.4, 0.5) is 11.6 Å². The van der Waals surface area contributed by atoms with Crippen LogP contribution >= 0.6 is 0 Å². The van der Waals surface area contributed by atoms with Crippen LogP contribution in [-0.4, -0.2) is 27.5 Å². The van der Waals surface area contributed by atoms with Crippen molar-refractivity contribution in [2.45, 2.75) is 20.5 Å². The molecule has 24 heavy (non-hydrogen) atoms. The van der Waals surface area contributed by atoms with Gasteiger partial charge < -0.3 is 15.2 Å². The number of carbonyl (C=O) groups excluding carboxylic acids is 1. The average Bonchev–Trinajstić information content (AvgIpc) is 2.52. The van der Waals surface area contributed by atoms with Crippen LogP contribution in [-0.2, 0) is 11.3 Å². The lowest BCUT2D eigenvalue weighted by atomic mass is 10.1. The van der Waals surface area contributed by atoms with Gasteiger partial charge in [-0.15, -0.1) is 0 Å². The van der Waals surface area contributed by atoms with E-state index in [1.165, 1.54) is 18.2 Å². The van der Waals surface area contributed by atoms with Gasteiger partial charge in [-0.1, -0.05) is 12.1 Å². The number of benzene rings is 1. The topological polar surface area (TPSA) is 130 Å². The first-order valence-corrected chi connectivity index (χ1v) is 7.10. The molecule has 2 N–H and O–H groups in total. The molecule has 0 amide bonds. The monoisotopic (exact) mass is 332 g/mol. The molecular formula is C15H16N4O5. The number of hydrogen-bond donors (Lipinski definition) is 1. The Balaban J connectivity index is 2.33. The molecule has 9 heteroatoms. The molecule has 0 saturated carbocycles. The fraction of sp³-hybridized carbons (Fsp3) is 0.267. The summed E-state index contributed by atoms with van der Waals surface area (Å²) in [5.74, 6) is -0.565. The zero-order valence-electron chi connectivity index (χ0n) is 13.2. The van der Waals surface area contributed by atoms with Crippen LogP contribution in [0.3, 0.4) is 0 Å². The third-order valence-corrected chi connectivity index (χ3v) is 3.09. The standard InChI is InChI=1S/C15H16N4O5/c1-3-23-14(20)13-9(2)17-15(16)18-10(13)8-24-12-7-5-4-6-11(12)19(21)22/h4-7H,3,8H2,1-2H3,(H2,16,17,18). The molecule has 2 rings (SSSR count). The second-order valence-corrected chi connectivity index (χ2v) is 4.72. The van der Waals surface area contributed by atoms with E-state index >= 15 is 0 Å². The van der Waals surface area contributed by atoms with E-state index in [-0.39, 0.29) is 41.9 Å². The summed E-state index contributed by atoms with van der Waals surface area (Å²) >= 11 is 0. The highest BCUT2D eigenvalue weighted by Crippen LogP contribution is 2.27. The minimum Gasteiger partial charge on any atom is -0.480 e. The summed E-state index contributed by atoms with van der Waals surface area (Å²) in [7, 11) is 0. The van der Waals surface area contributed by atoms with E-state index < -0.39 is 10.9 Å². The Morgan fingerprint density at radius 1 is 1.33 bits per heavy atom. The van der Waals surface area contributed by atoms with Crippen molar-refractivity contribution in [3.63, 3.8) is 0 Å². The van der Waals surface area contributed by atoms with Crippen molar-refractivity contribution in [1.82, 2.24) is 9.97 Å². The van der Waals surface area contributed by atoms with E-state index in [0.717, 1.165) is 0 Å². The van der Waals surface area contributed by atoms with E-state index in [1.807, 2.05) is 0 Å². The normalized spacial score (nSPS) is 10.2. The Morgan fingerprint density at radius 3 is 2.71 bits per heavy atom. The van der Waals surface area contributed by atoms with Crippen LogP contribution < -0.4 is 10.5 Å². The number of esters is 1. The van der Waals surface area contributed by atoms with Crippen molar-refractivity contribution in [1.29, 1.82) is 0 Å². The van der Waals surface area contributed by atoms with Crippen molar-refractivity contribution in [2.24, 2.45) is 0 Å². The smallest absolute Gasteiger partial charge is 0.341 e. The van der Waals surface area contributed by atoms with Gasteiger partial charge in [-0.2, -0.15) is 0 Å². The first-order chi connectivity index (χ1) is 11.4. The second kappa shape index (κ2) is 7.36. The lowest BCUT2D eigenvalue weighted by Gasteiger charge is -2.12. The molecule has 126 valence electrons. The van der Waals surface area contributed by atoms with Crippen molar-refractivity contribution in [3.05, 3.63) is 51.3 Å². The van der Waals surface area contributed by atoms with Crippen LogP contribution in [0.25, 0.3) is 0 Å².